The molecule has 0 heterocycles. The molecule has 1 N–H and O–H groups in total. The van der Waals surface area contributed by atoms with Crippen LogP contribution >= 0.6 is 0 Å². The van der Waals surface area contributed by atoms with Crippen LogP contribution in [-0.4, -0.2) is 18.3 Å². The summed E-state index contributed by atoms with van der Waals surface area (Å²) >= 11 is 0. The number of methoxy groups -OCH3 is 1. The third-order valence-corrected chi connectivity index (χ3v) is 2.72. The highest BCUT2D eigenvalue weighted by Crippen LogP contribution is 2.13. The monoisotopic (exact) mass is 258 g/mol. The molecule has 1 rings (SSSR count). The van der Waals surface area contributed by atoms with E-state index in [9.17, 15) is 5.11 Å². The Balaban J connectivity index is 2.32. The fourth-order valence-electron chi connectivity index (χ4n) is 1.79. The normalized spacial score (nSPS) is 11.3. The summed E-state index contributed by atoms with van der Waals surface area (Å²) in [6.07, 6.45) is 2.46. The largest absolute Gasteiger partial charge is 0.497 e. The Morgan fingerprint density at radius 3 is 2.89 bits per heavy atom. The van der Waals surface area contributed by atoms with Crippen molar-refractivity contribution in [3.05, 3.63) is 42.0 Å². The van der Waals surface area contributed by atoms with Crippen LogP contribution in [0.3, 0.4) is 0 Å². The van der Waals surface area contributed by atoms with Crippen LogP contribution in [-0.2, 0) is 6.42 Å². The molecule has 2 nitrogen and oxygen atoms in total. The van der Waals surface area contributed by atoms with Crippen molar-refractivity contribution in [1.82, 2.24) is 0 Å². The summed E-state index contributed by atoms with van der Waals surface area (Å²) in [4.78, 5) is 0. The van der Waals surface area contributed by atoms with Gasteiger partial charge < -0.3 is 9.84 Å². The molecule has 0 saturated carbocycles. The summed E-state index contributed by atoms with van der Waals surface area (Å²) in [7, 11) is 1.67. The molecule has 102 valence electrons. The van der Waals surface area contributed by atoms with Gasteiger partial charge in [-0.15, -0.1) is 18.4 Å². The summed E-state index contributed by atoms with van der Waals surface area (Å²) in [5.41, 5.74) is 2.21. The number of aryl methyl sites for hydroxylation is 1. The molecule has 0 bridgehead atoms. The van der Waals surface area contributed by atoms with Gasteiger partial charge in [0.15, 0.2) is 0 Å². The van der Waals surface area contributed by atoms with Gasteiger partial charge in [0, 0.05) is 12.8 Å². The zero-order valence-corrected chi connectivity index (χ0v) is 11.8. The van der Waals surface area contributed by atoms with E-state index in [2.05, 4.69) is 24.5 Å². The summed E-state index contributed by atoms with van der Waals surface area (Å²) in [6, 6.07) is 8.01. The molecule has 0 saturated heterocycles. The zero-order valence-electron chi connectivity index (χ0n) is 11.8. The van der Waals surface area contributed by atoms with Gasteiger partial charge in [0.1, 0.15) is 5.75 Å². The summed E-state index contributed by atoms with van der Waals surface area (Å²) in [5, 5.41) is 9.62. The smallest absolute Gasteiger partial charge is 0.119 e. The number of hydrogen-bond acceptors (Lipinski definition) is 2. The quantitative estimate of drug-likeness (QED) is 0.626. The molecule has 0 spiro atoms. The Morgan fingerprint density at radius 2 is 2.21 bits per heavy atom. The Labute approximate surface area is 116 Å². The second kappa shape index (κ2) is 8.39. The van der Waals surface area contributed by atoms with E-state index in [0.717, 1.165) is 24.2 Å². The highest BCUT2D eigenvalue weighted by atomic mass is 16.5. The molecule has 0 aliphatic heterocycles. The Morgan fingerprint density at radius 1 is 1.42 bits per heavy atom. The fraction of sp³-hybridized carbons (Fsp3) is 0.412. The van der Waals surface area contributed by atoms with Crippen LogP contribution in [0, 0.1) is 11.8 Å². The van der Waals surface area contributed by atoms with Crippen LogP contribution in [0.4, 0.5) is 0 Å². The maximum atomic E-state index is 9.62. The van der Waals surface area contributed by atoms with E-state index in [4.69, 9.17) is 4.74 Å². The predicted octanol–water partition coefficient (Wildman–Crippen LogP) is 3.35. The highest BCUT2D eigenvalue weighted by molar-refractivity contribution is 5.28. The topological polar surface area (TPSA) is 29.5 Å². The maximum Gasteiger partial charge on any atom is 0.119 e. The van der Waals surface area contributed by atoms with Crippen molar-refractivity contribution in [3.63, 3.8) is 0 Å². The van der Waals surface area contributed by atoms with Crippen molar-refractivity contribution >= 4 is 0 Å². The van der Waals surface area contributed by atoms with Crippen molar-refractivity contribution in [1.29, 1.82) is 0 Å². The van der Waals surface area contributed by atoms with Gasteiger partial charge in [0.2, 0.25) is 0 Å². The van der Waals surface area contributed by atoms with Crippen LogP contribution in [0.25, 0.3) is 0 Å². The summed E-state index contributed by atoms with van der Waals surface area (Å²) in [6.45, 7) is 5.69. The Kier molecular flexibility index (Phi) is 6.78. The van der Waals surface area contributed by atoms with E-state index < -0.39 is 0 Å². The lowest BCUT2D eigenvalue weighted by molar-refractivity contribution is 0.180. The summed E-state index contributed by atoms with van der Waals surface area (Å²) in [5.74, 6) is 6.99. The molecule has 0 unspecified atom stereocenters. The van der Waals surface area contributed by atoms with Gasteiger partial charge >= 0.3 is 0 Å². The van der Waals surface area contributed by atoms with E-state index in [1.54, 1.807) is 7.11 Å². The summed E-state index contributed by atoms with van der Waals surface area (Å²) < 4.78 is 5.17. The molecule has 19 heavy (non-hydrogen) atoms. The average Bonchev–Trinajstić information content (AvgIpc) is 2.37. The van der Waals surface area contributed by atoms with E-state index >= 15 is 0 Å². The Hall–Kier alpha value is -1.72. The molecule has 0 aliphatic carbocycles. The second-order valence-corrected chi connectivity index (χ2v) is 4.72. The van der Waals surface area contributed by atoms with Gasteiger partial charge in [-0.1, -0.05) is 17.7 Å². The third-order valence-electron chi connectivity index (χ3n) is 2.72. The zero-order chi connectivity index (χ0) is 14.1. The first kappa shape index (κ1) is 15.3. The first-order chi connectivity index (χ1) is 9.11. The van der Waals surface area contributed by atoms with Crippen molar-refractivity contribution in [2.45, 2.75) is 38.7 Å². The molecular formula is C17H22O2. The van der Waals surface area contributed by atoms with Gasteiger partial charge in [0.05, 0.1) is 13.2 Å². The molecule has 1 aromatic rings. The van der Waals surface area contributed by atoms with Crippen LogP contribution < -0.4 is 4.74 Å². The van der Waals surface area contributed by atoms with Crippen LogP contribution in [0.5, 0.6) is 5.75 Å². The molecule has 2 heteroatoms. The first-order valence-corrected chi connectivity index (χ1v) is 6.53. The number of hydrogen-bond donors (Lipinski definition) is 1. The second-order valence-electron chi connectivity index (χ2n) is 4.72. The Bertz CT molecular complexity index is 466. The van der Waals surface area contributed by atoms with Crippen molar-refractivity contribution < 1.29 is 9.84 Å². The molecule has 0 aromatic heterocycles. The van der Waals surface area contributed by atoms with E-state index in [1.807, 2.05) is 25.1 Å². The maximum absolute atomic E-state index is 9.62. The van der Waals surface area contributed by atoms with Crippen LogP contribution in [0.1, 0.15) is 31.7 Å². The molecule has 1 atom stereocenters. The standard InChI is InChI=1S/C17H22O2/c1-14(2)12-16(18)10-6-4-5-8-15-9-7-11-17(13-15)19-3/h7,9,11,13,16,18H,1,5,8,10,12H2,2-3H3/t16-/m1/s1. The lowest BCUT2D eigenvalue weighted by Gasteiger charge is -2.05. The number of aliphatic hydroxyl groups is 1. The van der Waals surface area contributed by atoms with Crippen molar-refractivity contribution in [3.8, 4) is 17.6 Å². The number of aliphatic hydroxyl groups excluding tert-OH is 1. The van der Waals surface area contributed by atoms with Gasteiger partial charge in [-0.3, -0.25) is 0 Å². The third kappa shape index (κ3) is 6.69. The minimum atomic E-state index is -0.387. The molecule has 0 amide bonds. The number of benzene rings is 1. The lowest BCUT2D eigenvalue weighted by atomic mass is 10.1. The van der Waals surface area contributed by atoms with Crippen molar-refractivity contribution in [2.75, 3.05) is 7.11 Å². The first-order valence-electron chi connectivity index (χ1n) is 6.53. The van der Waals surface area contributed by atoms with Crippen molar-refractivity contribution in [2.24, 2.45) is 0 Å². The molecule has 0 radical (unpaired) electrons. The fourth-order valence-corrected chi connectivity index (χ4v) is 1.79. The van der Waals surface area contributed by atoms with Crippen LogP contribution in [0.15, 0.2) is 36.4 Å². The van der Waals surface area contributed by atoms with E-state index in [1.165, 1.54) is 5.56 Å². The lowest BCUT2D eigenvalue weighted by Crippen LogP contribution is -2.04. The van der Waals surface area contributed by atoms with E-state index in [-0.39, 0.29) is 6.10 Å². The molecular weight excluding hydrogens is 236 g/mol. The van der Waals surface area contributed by atoms with Gasteiger partial charge in [-0.2, -0.15) is 0 Å². The van der Waals surface area contributed by atoms with Gasteiger partial charge in [0.25, 0.3) is 0 Å². The van der Waals surface area contributed by atoms with E-state index in [0.29, 0.717) is 12.8 Å². The SMILES string of the molecule is C=C(C)C[C@H](O)CC#CCCc1cccc(OC)c1. The minimum Gasteiger partial charge on any atom is -0.497 e. The minimum absolute atomic E-state index is 0.387. The molecule has 1 aromatic carbocycles. The average molecular weight is 258 g/mol. The molecule has 0 aliphatic rings. The number of rotatable bonds is 6. The van der Waals surface area contributed by atoms with Gasteiger partial charge in [-0.05, 0) is 37.5 Å². The predicted molar refractivity (Wildman–Crippen MR) is 79.1 cm³/mol. The number of ether oxygens (including phenoxy) is 1. The highest BCUT2D eigenvalue weighted by Gasteiger charge is 2.00. The van der Waals surface area contributed by atoms with Gasteiger partial charge in [-0.25, -0.2) is 0 Å². The molecule has 0 fully saturated rings. The van der Waals surface area contributed by atoms with Crippen LogP contribution in [0.2, 0.25) is 0 Å².